The number of hydrogen-bond acceptors (Lipinski definition) is 3. The van der Waals surface area contributed by atoms with Crippen molar-refractivity contribution >= 4 is 27.5 Å². The van der Waals surface area contributed by atoms with E-state index in [4.69, 9.17) is 0 Å². The Bertz CT molecular complexity index is 705. The van der Waals surface area contributed by atoms with Crippen molar-refractivity contribution in [2.24, 2.45) is 0 Å². The van der Waals surface area contributed by atoms with Crippen LogP contribution in [0.3, 0.4) is 0 Å². The van der Waals surface area contributed by atoms with Gasteiger partial charge in [-0.1, -0.05) is 18.2 Å². The molecule has 0 saturated carbocycles. The molecule has 2 aromatic rings. The Morgan fingerprint density at radius 1 is 1.17 bits per heavy atom. The Morgan fingerprint density at radius 3 is 2.57 bits per heavy atom. The molecular formula is C18H19BrN2O2. The fourth-order valence-electron chi connectivity index (χ4n) is 2.97. The van der Waals surface area contributed by atoms with Gasteiger partial charge < -0.3 is 14.9 Å². The van der Waals surface area contributed by atoms with Gasteiger partial charge in [-0.25, -0.2) is 0 Å². The Morgan fingerprint density at radius 2 is 1.91 bits per heavy atom. The molecule has 0 spiro atoms. The van der Waals surface area contributed by atoms with Gasteiger partial charge in [-0.15, -0.1) is 0 Å². The van der Waals surface area contributed by atoms with E-state index < -0.39 is 0 Å². The van der Waals surface area contributed by atoms with E-state index in [0.717, 1.165) is 6.54 Å². The maximum absolute atomic E-state index is 12.6. The smallest absolute Gasteiger partial charge is 0.254 e. The van der Waals surface area contributed by atoms with Crippen LogP contribution in [0.25, 0.3) is 0 Å². The Labute approximate surface area is 144 Å². The molecule has 0 bridgehead atoms. The van der Waals surface area contributed by atoms with Crippen LogP contribution in [0, 0.1) is 0 Å². The highest BCUT2D eigenvalue weighted by atomic mass is 79.9. The number of para-hydroxylation sites is 1. The first-order valence-electron chi connectivity index (χ1n) is 7.66. The van der Waals surface area contributed by atoms with E-state index in [2.05, 4.69) is 39.9 Å². The van der Waals surface area contributed by atoms with Crippen molar-refractivity contribution in [3.63, 3.8) is 0 Å². The van der Waals surface area contributed by atoms with E-state index in [1.807, 2.05) is 23.1 Å². The highest BCUT2D eigenvalue weighted by Gasteiger charge is 2.27. The second-order valence-electron chi connectivity index (χ2n) is 5.80. The number of amides is 1. The van der Waals surface area contributed by atoms with Crippen molar-refractivity contribution in [2.75, 3.05) is 24.5 Å². The molecular weight excluding hydrogens is 356 g/mol. The molecule has 2 aromatic carbocycles. The largest absolute Gasteiger partial charge is 0.507 e. The zero-order chi connectivity index (χ0) is 16.4. The summed E-state index contributed by atoms with van der Waals surface area (Å²) in [4.78, 5) is 16.8. The van der Waals surface area contributed by atoms with Gasteiger partial charge in [0, 0.05) is 36.9 Å². The lowest BCUT2D eigenvalue weighted by atomic mass is 10.1. The summed E-state index contributed by atoms with van der Waals surface area (Å²) in [5.41, 5.74) is 1.71. The fourth-order valence-corrected chi connectivity index (χ4v) is 3.22. The quantitative estimate of drug-likeness (QED) is 0.874. The van der Waals surface area contributed by atoms with Crippen LogP contribution >= 0.6 is 15.9 Å². The number of anilines is 1. The zero-order valence-corrected chi connectivity index (χ0v) is 14.5. The summed E-state index contributed by atoms with van der Waals surface area (Å²) in [5, 5.41) is 9.76. The SMILES string of the molecule is CC1CN(C(=O)c2ccc(Br)c(O)c2)CCN1c1ccccc1. The number of phenolic OH excluding ortho intramolecular Hbond substituents is 1. The van der Waals surface area contributed by atoms with Gasteiger partial charge in [0.05, 0.1) is 4.47 Å². The van der Waals surface area contributed by atoms with Gasteiger partial charge in [0.25, 0.3) is 5.91 Å². The highest BCUT2D eigenvalue weighted by molar-refractivity contribution is 9.10. The Kier molecular flexibility index (Phi) is 4.57. The van der Waals surface area contributed by atoms with Crippen LogP contribution in [0.5, 0.6) is 5.75 Å². The van der Waals surface area contributed by atoms with E-state index in [0.29, 0.717) is 23.1 Å². The number of rotatable bonds is 2. The molecule has 4 nitrogen and oxygen atoms in total. The molecule has 1 fully saturated rings. The van der Waals surface area contributed by atoms with Crippen LogP contribution in [0.2, 0.25) is 0 Å². The fraction of sp³-hybridized carbons (Fsp3) is 0.278. The second-order valence-corrected chi connectivity index (χ2v) is 6.65. The van der Waals surface area contributed by atoms with E-state index >= 15 is 0 Å². The normalized spacial score (nSPS) is 18.1. The molecule has 1 N–H and O–H groups in total. The predicted octanol–water partition coefficient (Wildman–Crippen LogP) is 3.51. The monoisotopic (exact) mass is 374 g/mol. The lowest BCUT2D eigenvalue weighted by Crippen LogP contribution is -2.53. The number of aromatic hydroxyl groups is 1. The molecule has 1 saturated heterocycles. The van der Waals surface area contributed by atoms with Crippen LogP contribution < -0.4 is 4.90 Å². The van der Waals surface area contributed by atoms with Gasteiger partial charge in [-0.3, -0.25) is 4.79 Å². The first-order valence-corrected chi connectivity index (χ1v) is 8.45. The van der Waals surface area contributed by atoms with Crippen LogP contribution in [0.4, 0.5) is 5.69 Å². The molecule has 5 heteroatoms. The molecule has 0 aromatic heterocycles. The third-order valence-corrected chi connectivity index (χ3v) is 4.87. The van der Waals surface area contributed by atoms with E-state index in [9.17, 15) is 9.90 Å². The first kappa shape index (κ1) is 15.9. The van der Waals surface area contributed by atoms with Crippen molar-refractivity contribution in [3.8, 4) is 5.75 Å². The molecule has 23 heavy (non-hydrogen) atoms. The number of carbonyl (C=O) groups is 1. The predicted molar refractivity (Wildman–Crippen MR) is 95.0 cm³/mol. The first-order chi connectivity index (χ1) is 11.1. The summed E-state index contributed by atoms with van der Waals surface area (Å²) in [6.07, 6.45) is 0. The van der Waals surface area contributed by atoms with E-state index in [-0.39, 0.29) is 17.7 Å². The third-order valence-electron chi connectivity index (χ3n) is 4.20. The number of piperazine rings is 1. The van der Waals surface area contributed by atoms with Crippen molar-refractivity contribution in [2.45, 2.75) is 13.0 Å². The van der Waals surface area contributed by atoms with Crippen molar-refractivity contribution in [1.29, 1.82) is 0 Å². The van der Waals surface area contributed by atoms with Crippen molar-refractivity contribution in [3.05, 3.63) is 58.6 Å². The maximum atomic E-state index is 12.6. The summed E-state index contributed by atoms with van der Waals surface area (Å²) < 4.78 is 0.594. The van der Waals surface area contributed by atoms with Gasteiger partial charge in [0.2, 0.25) is 0 Å². The van der Waals surface area contributed by atoms with Crippen LogP contribution in [0.15, 0.2) is 53.0 Å². The molecule has 1 amide bonds. The molecule has 1 unspecified atom stereocenters. The van der Waals surface area contributed by atoms with Crippen LogP contribution in [0.1, 0.15) is 17.3 Å². The standard InChI is InChI=1S/C18H19BrN2O2/c1-13-12-20(9-10-21(13)15-5-3-2-4-6-15)18(23)14-7-8-16(19)17(22)11-14/h2-8,11,13,22H,9-10,12H2,1H3. The highest BCUT2D eigenvalue weighted by Crippen LogP contribution is 2.26. The number of benzene rings is 2. The van der Waals surface area contributed by atoms with Gasteiger partial charge in [-0.2, -0.15) is 0 Å². The summed E-state index contributed by atoms with van der Waals surface area (Å²) in [5.74, 6) is 0.0548. The summed E-state index contributed by atoms with van der Waals surface area (Å²) in [6, 6.07) is 15.5. The van der Waals surface area contributed by atoms with Gasteiger partial charge in [0.1, 0.15) is 5.75 Å². The summed E-state index contributed by atoms with van der Waals surface area (Å²) in [7, 11) is 0. The molecule has 1 atom stereocenters. The number of halogens is 1. The Hall–Kier alpha value is -2.01. The lowest BCUT2D eigenvalue weighted by molar-refractivity contribution is 0.0726. The minimum absolute atomic E-state index is 0.0349. The van der Waals surface area contributed by atoms with Gasteiger partial charge in [-0.05, 0) is 53.2 Å². The molecule has 0 radical (unpaired) electrons. The molecule has 1 aliphatic heterocycles. The molecule has 120 valence electrons. The average Bonchev–Trinajstić information content (AvgIpc) is 2.57. The zero-order valence-electron chi connectivity index (χ0n) is 12.9. The number of hydrogen-bond donors (Lipinski definition) is 1. The minimum atomic E-state index is -0.0349. The molecule has 0 aliphatic carbocycles. The second kappa shape index (κ2) is 6.62. The van der Waals surface area contributed by atoms with Gasteiger partial charge in [0.15, 0.2) is 0 Å². The summed E-state index contributed by atoms with van der Waals surface area (Å²) in [6.45, 7) is 4.28. The van der Waals surface area contributed by atoms with Crippen molar-refractivity contribution < 1.29 is 9.90 Å². The van der Waals surface area contributed by atoms with Crippen LogP contribution in [-0.4, -0.2) is 41.6 Å². The lowest BCUT2D eigenvalue weighted by Gasteiger charge is -2.41. The van der Waals surface area contributed by atoms with E-state index in [1.54, 1.807) is 12.1 Å². The number of phenols is 1. The van der Waals surface area contributed by atoms with Crippen molar-refractivity contribution in [1.82, 2.24) is 4.90 Å². The Balaban J connectivity index is 1.72. The maximum Gasteiger partial charge on any atom is 0.254 e. The molecule has 1 heterocycles. The topological polar surface area (TPSA) is 43.8 Å². The molecule has 3 rings (SSSR count). The number of nitrogens with zero attached hydrogens (tertiary/aromatic N) is 2. The van der Waals surface area contributed by atoms with Gasteiger partial charge >= 0.3 is 0 Å². The van der Waals surface area contributed by atoms with E-state index in [1.165, 1.54) is 11.8 Å². The average molecular weight is 375 g/mol. The third kappa shape index (κ3) is 3.34. The van der Waals surface area contributed by atoms with Crippen LogP contribution in [-0.2, 0) is 0 Å². The minimum Gasteiger partial charge on any atom is -0.507 e. The number of carbonyl (C=O) groups excluding carboxylic acids is 1. The molecule has 1 aliphatic rings. The summed E-state index contributed by atoms with van der Waals surface area (Å²) >= 11 is 3.24.